The van der Waals surface area contributed by atoms with E-state index in [2.05, 4.69) is 15.2 Å². The largest absolute Gasteiger partial charge is 0.433 e. The molecule has 1 saturated carbocycles. The van der Waals surface area contributed by atoms with E-state index in [4.69, 9.17) is 10.1 Å². The van der Waals surface area contributed by atoms with Gasteiger partial charge in [0.05, 0.1) is 20.8 Å². The number of piperidine rings is 1. The number of benzene rings is 1. The van der Waals surface area contributed by atoms with E-state index in [0.717, 1.165) is 91.4 Å². The third-order valence-electron chi connectivity index (χ3n) is 8.91. The molecule has 7 nitrogen and oxygen atoms in total. The number of likely N-dealkylation sites (tertiary alicyclic amines) is 1. The van der Waals surface area contributed by atoms with Crippen LogP contribution in [0.4, 0.5) is 18.9 Å². The van der Waals surface area contributed by atoms with Crippen molar-refractivity contribution in [3.63, 3.8) is 0 Å². The lowest BCUT2D eigenvalue weighted by Gasteiger charge is -2.36. The fourth-order valence-electron chi connectivity index (χ4n) is 6.48. The van der Waals surface area contributed by atoms with E-state index >= 15 is 0 Å². The van der Waals surface area contributed by atoms with E-state index in [1.165, 1.54) is 18.9 Å². The van der Waals surface area contributed by atoms with Gasteiger partial charge in [0.25, 0.3) is 5.91 Å². The van der Waals surface area contributed by atoms with Crippen molar-refractivity contribution in [1.29, 1.82) is 0 Å². The first kappa shape index (κ1) is 31.8. The number of aliphatic hydroxyl groups is 2. The summed E-state index contributed by atoms with van der Waals surface area (Å²) in [6.45, 7) is 6.94. The minimum atomic E-state index is -4.66. The molecule has 2 fully saturated rings. The first-order valence-electron chi connectivity index (χ1n) is 15.3. The number of nitrogens with zero attached hydrogens (tertiary/aromatic N) is 3. The van der Waals surface area contributed by atoms with Gasteiger partial charge in [0.15, 0.2) is 0 Å². The standard InChI is InChI=1S/C32H41F3N4O3S/c1-31(2,42)23-17-26-27(18-25(23)37-29(41)24-6-3-7-28(36-24)32(33,34)35)43-30(38-26)22-10-8-21(9-11-22)19-39-14-12-20(13-15-39)5-4-16-40/h3,6-7,17-18,20-22,40,42H,4-5,8-16,19H2,1-2H3,(H,37,41)/t21-,22-. The maximum atomic E-state index is 13.1. The summed E-state index contributed by atoms with van der Waals surface area (Å²) in [6, 6.07) is 6.72. The Morgan fingerprint density at radius 2 is 1.77 bits per heavy atom. The molecule has 234 valence electrons. The zero-order valence-corrected chi connectivity index (χ0v) is 25.6. The Balaban J connectivity index is 1.25. The van der Waals surface area contributed by atoms with Gasteiger partial charge < -0.3 is 20.4 Å². The van der Waals surface area contributed by atoms with E-state index in [0.29, 0.717) is 23.1 Å². The summed E-state index contributed by atoms with van der Waals surface area (Å²) in [4.78, 5) is 24.0. The Hall–Kier alpha value is -2.60. The van der Waals surface area contributed by atoms with Crippen molar-refractivity contribution >= 4 is 33.1 Å². The van der Waals surface area contributed by atoms with Crippen LogP contribution in [0.2, 0.25) is 0 Å². The molecular formula is C32H41F3N4O3S. The van der Waals surface area contributed by atoms with Crippen molar-refractivity contribution in [2.75, 3.05) is 31.6 Å². The van der Waals surface area contributed by atoms with Crippen LogP contribution < -0.4 is 5.32 Å². The van der Waals surface area contributed by atoms with Gasteiger partial charge in [-0.3, -0.25) is 4.79 Å². The molecule has 3 N–H and O–H groups in total. The third kappa shape index (κ3) is 7.92. The molecule has 3 aromatic rings. The van der Waals surface area contributed by atoms with Crippen molar-refractivity contribution in [3.8, 4) is 0 Å². The lowest BCUT2D eigenvalue weighted by atomic mass is 9.81. The Bertz CT molecular complexity index is 1410. The number of pyridine rings is 1. The topological polar surface area (TPSA) is 98.6 Å². The number of carbonyl (C=O) groups is 1. The summed E-state index contributed by atoms with van der Waals surface area (Å²) in [6.07, 6.45) is 4.29. The highest BCUT2D eigenvalue weighted by atomic mass is 32.1. The third-order valence-corrected chi connectivity index (χ3v) is 10.1. The van der Waals surface area contributed by atoms with Crippen LogP contribution in [0.3, 0.4) is 0 Å². The molecule has 0 spiro atoms. The van der Waals surface area contributed by atoms with Crippen LogP contribution in [-0.4, -0.2) is 57.2 Å². The van der Waals surface area contributed by atoms with Gasteiger partial charge >= 0.3 is 6.18 Å². The number of hydrogen-bond acceptors (Lipinski definition) is 7. The van der Waals surface area contributed by atoms with Crippen LogP contribution in [0.15, 0.2) is 30.3 Å². The monoisotopic (exact) mass is 618 g/mol. The number of rotatable bonds is 9. The Labute approximate surface area is 254 Å². The molecule has 43 heavy (non-hydrogen) atoms. The van der Waals surface area contributed by atoms with E-state index in [-0.39, 0.29) is 12.3 Å². The highest BCUT2D eigenvalue weighted by Crippen LogP contribution is 2.41. The molecule has 0 atom stereocenters. The molecule has 1 aliphatic carbocycles. The average Bonchev–Trinajstić information content (AvgIpc) is 3.39. The number of aromatic nitrogens is 2. The minimum absolute atomic E-state index is 0.289. The van der Waals surface area contributed by atoms with Crippen molar-refractivity contribution in [2.24, 2.45) is 11.8 Å². The summed E-state index contributed by atoms with van der Waals surface area (Å²) in [5.74, 6) is 1.01. The van der Waals surface area contributed by atoms with Gasteiger partial charge in [0.2, 0.25) is 0 Å². The van der Waals surface area contributed by atoms with Crippen molar-refractivity contribution < 1.29 is 28.2 Å². The molecule has 0 unspecified atom stereocenters. The summed E-state index contributed by atoms with van der Waals surface area (Å²) in [5.41, 5.74) is -1.33. The molecule has 2 aromatic heterocycles. The van der Waals surface area contributed by atoms with Crippen LogP contribution in [-0.2, 0) is 11.8 Å². The SMILES string of the molecule is CC(C)(O)c1cc2nc([C@H]3CC[C@H](CN4CCC(CCCO)CC4)CC3)sc2cc1NC(=O)c1cccc(C(F)(F)F)n1. The van der Waals surface area contributed by atoms with Crippen molar-refractivity contribution in [1.82, 2.24) is 14.9 Å². The normalized spacial score (nSPS) is 20.9. The quantitative estimate of drug-likeness (QED) is 0.240. The van der Waals surface area contributed by atoms with E-state index < -0.39 is 23.4 Å². The second kappa shape index (κ2) is 13.2. The van der Waals surface area contributed by atoms with E-state index in [9.17, 15) is 23.1 Å². The molecule has 1 saturated heterocycles. The number of thiazole rings is 1. The number of aliphatic hydroxyl groups excluding tert-OH is 1. The molecule has 1 aromatic carbocycles. The first-order chi connectivity index (χ1) is 20.4. The highest BCUT2D eigenvalue weighted by Gasteiger charge is 2.33. The molecule has 5 rings (SSSR count). The minimum Gasteiger partial charge on any atom is -0.396 e. The molecule has 11 heteroatoms. The predicted octanol–water partition coefficient (Wildman–Crippen LogP) is 6.95. The average molecular weight is 619 g/mol. The maximum absolute atomic E-state index is 13.1. The predicted molar refractivity (Wildman–Crippen MR) is 162 cm³/mol. The molecule has 0 bridgehead atoms. The lowest BCUT2D eigenvalue weighted by Crippen LogP contribution is -2.38. The smallest absolute Gasteiger partial charge is 0.396 e. The van der Waals surface area contributed by atoms with Crippen LogP contribution in [0.25, 0.3) is 10.2 Å². The van der Waals surface area contributed by atoms with Crippen molar-refractivity contribution in [3.05, 3.63) is 52.3 Å². The summed E-state index contributed by atoms with van der Waals surface area (Å²) in [5, 5.41) is 23.7. The number of fused-ring (bicyclic) bond motifs is 1. The summed E-state index contributed by atoms with van der Waals surface area (Å²) >= 11 is 1.57. The maximum Gasteiger partial charge on any atom is 0.433 e. The Morgan fingerprint density at radius 1 is 1.05 bits per heavy atom. The van der Waals surface area contributed by atoms with Gasteiger partial charge in [-0.15, -0.1) is 11.3 Å². The van der Waals surface area contributed by atoms with Crippen LogP contribution >= 0.6 is 11.3 Å². The highest BCUT2D eigenvalue weighted by molar-refractivity contribution is 7.18. The van der Waals surface area contributed by atoms with E-state index in [1.54, 1.807) is 37.3 Å². The van der Waals surface area contributed by atoms with E-state index in [1.807, 2.05) is 0 Å². The first-order valence-corrected chi connectivity index (χ1v) is 16.1. The summed E-state index contributed by atoms with van der Waals surface area (Å²) < 4.78 is 40.3. The molecule has 2 aliphatic rings. The zero-order valence-electron chi connectivity index (χ0n) is 24.8. The number of halogens is 3. The van der Waals surface area contributed by atoms with Gasteiger partial charge in [-0.2, -0.15) is 13.2 Å². The van der Waals surface area contributed by atoms with Crippen LogP contribution in [0.5, 0.6) is 0 Å². The number of hydrogen-bond donors (Lipinski definition) is 3. The molecule has 0 radical (unpaired) electrons. The zero-order chi connectivity index (χ0) is 30.8. The second-order valence-corrected chi connectivity index (χ2v) is 13.7. The molecule has 3 heterocycles. The van der Waals surface area contributed by atoms with Gasteiger partial charge in [0, 0.05) is 30.3 Å². The Kier molecular flexibility index (Phi) is 9.75. The van der Waals surface area contributed by atoms with Gasteiger partial charge in [0.1, 0.15) is 11.4 Å². The fraction of sp³-hybridized carbons (Fsp3) is 0.594. The molecular weight excluding hydrogens is 577 g/mol. The molecule has 1 aliphatic heterocycles. The fourth-order valence-corrected chi connectivity index (χ4v) is 7.63. The second-order valence-electron chi connectivity index (χ2n) is 12.7. The lowest BCUT2D eigenvalue weighted by molar-refractivity contribution is -0.141. The van der Waals surface area contributed by atoms with Gasteiger partial charge in [-0.1, -0.05) is 6.07 Å². The van der Waals surface area contributed by atoms with Gasteiger partial charge in [-0.05, 0) is 114 Å². The number of alkyl halides is 3. The van der Waals surface area contributed by atoms with Gasteiger partial charge in [-0.25, -0.2) is 9.97 Å². The molecule has 1 amide bonds. The number of anilines is 1. The number of amides is 1. The number of nitrogens with one attached hydrogen (secondary N) is 1. The number of carbonyl (C=O) groups excluding carboxylic acids is 1. The van der Waals surface area contributed by atoms with Crippen LogP contribution in [0.1, 0.15) is 97.9 Å². The summed E-state index contributed by atoms with van der Waals surface area (Å²) in [7, 11) is 0. The Morgan fingerprint density at radius 3 is 2.42 bits per heavy atom. The van der Waals surface area contributed by atoms with Crippen LogP contribution in [0, 0.1) is 11.8 Å². The van der Waals surface area contributed by atoms with Crippen molar-refractivity contribution in [2.45, 2.75) is 82.9 Å².